The predicted octanol–water partition coefficient (Wildman–Crippen LogP) is 1.05. The molecule has 1 aliphatic heterocycles. The third-order valence-electron chi connectivity index (χ3n) is 3.16. The molecule has 19 heavy (non-hydrogen) atoms. The quantitative estimate of drug-likeness (QED) is 0.791. The van der Waals surface area contributed by atoms with Crippen molar-refractivity contribution in [3.63, 3.8) is 0 Å². The molecule has 2 amide bonds. The molecule has 0 aromatic carbocycles. The van der Waals surface area contributed by atoms with Crippen molar-refractivity contribution in [2.45, 2.75) is 44.6 Å². The van der Waals surface area contributed by atoms with Crippen LogP contribution in [-0.2, 0) is 4.79 Å². The number of carbonyl (C=O) groups excluding carboxylic acids is 1. The zero-order valence-electron chi connectivity index (χ0n) is 11.6. The number of amides is 2. The van der Waals surface area contributed by atoms with Gasteiger partial charge in [-0.15, -0.1) is 11.8 Å². The molecule has 1 fully saturated rings. The fourth-order valence-electron chi connectivity index (χ4n) is 2.16. The average molecular weight is 290 g/mol. The topological polar surface area (TPSA) is 81.1 Å². The maximum atomic E-state index is 12.5. The van der Waals surface area contributed by atoms with E-state index < -0.39 is 12.0 Å². The molecule has 0 spiro atoms. The van der Waals surface area contributed by atoms with Gasteiger partial charge in [-0.05, 0) is 20.3 Å². The highest BCUT2D eigenvalue weighted by atomic mass is 32.2. The van der Waals surface area contributed by atoms with E-state index in [4.69, 9.17) is 5.11 Å². The number of aliphatic hydroxyl groups is 1. The lowest BCUT2D eigenvalue weighted by atomic mass is 10.2. The van der Waals surface area contributed by atoms with Crippen molar-refractivity contribution in [3.8, 4) is 0 Å². The molecule has 0 bridgehead atoms. The van der Waals surface area contributed by atoms with E-state index in [1.807, 2.05) is 20.8 Å². The minimum atomic E-state index is -0.968. The summed E-state index contributed by atoms with van der Waals surface area (Å²) in [6, 6.07) is -1.15. The first-order valence-corrected chi connectivity index (χ1v) is 7.53. The smallest absolute Gasteiger partial charge is 0.327 e. The van der Waals surface area contributed by atoms with Gasteiger partial charge in [-0.1, -0.05) is 6.92 Å². The van der Waals surface area contributed by atoms with Crippen LogP contribution in [-0.4, -0.2) is 68.4 Å². The molecule has 2 atom stereocenters. The Morgan fingerprint density at radius 1 is 1.47 bits per heavy atom. The van der Waals surface area contributed by atoms with Crippen molar-refractivity contribution >= 4 is 23.8 Å². The van der Waals surface area contributed by atoms with Gasteiger partial charge in [0, 0.05) is 18.3 Å². The average Bonchev–Trinajstić information content (AvgIpc) is 2.78. The summed E-state index contributed by atoms with van der Waals surface area (Å²) in [4.78, 5) is 26.7. The number of urea groups is 1. The molecule has 6 nitrogen and oxygen atoms in total. The van der Waals surface area contributed by atoms with Crippen LogP contribution in [0.2, 0.25) is 0 Å². The van der Waals surface area contributed by atoms with Crippen LogP contribution >= 0.6 is 11.8 Å². The first-order valence-electron chi connectivity index (χ1n) is 6.48. The predicted molar refractivity (Wildman–Crippen MR) is 74.1 cm³/mol. The molecular weight excluding hydrogens is 268 g/mol. The van der Waals surface area contributed by atoms with Crippen molar-refractivity contribution in [3.05, 3.63) is 0 Å². The van der Waals surface area contributed by atoms with E-state index >= 15 is 0 Å². The lowest BCUT2D eigenvalue weighted by Gasteiger charge is -2.35. The zero-order valence-corrected chi connectivity index (χ0v) is 12.4. The summed E-state index contributed by atoms with van der Waals surface area (Å²) in [5, 5.41) is 18.2. The van der Waals surface area contributed by atoms with Crippen molar-refractivity contribution in [2.75, 3.05) is 18.9 Å². The van der Waals surface area contributed by atoms with Gasteiger partial charge in [0.2, 0.25) is 0 Å². The van der Waals surface area contributed by atoms with E-state index in [2.05, 4.69) is 0 Å². The monoisotopic (exact) mass is 290 g/mol. The normalized spacial score (nSPS) is 22.9. The third kappa shape index (κ3) is 3.54. The number of rotatable bonds is 5. The van der Waals surface area contributed by atoms with Crippen molar-refractivity contribution in [1.82, 2.24) is 9.80 Å². The molecular formula is C12H22N2O4S. The number of carboxylic acid groups (broad SMARTS) is 1. The van der Waals surface area contributed by atoms with Gasteiger partial charge in [0.05, 0.1) is 12.0 Å². The minimum absolute atomic E-state index is 0.0720. The summed E-state index contributed by atoms with van der Waals surface area (Å²) >= 11 is 1.50. The molecule has 0 aromatic rings. The summed E-state index contributed by atoms with van der Waals surface area (Å²) < 4.78 is 0. The first kappa shape index (κ1) is 16.1. The molecule has 2 unspecified atom stereocenters. The van der Waals surface area contributed by atoms with E-state index in [1.54, 1.807) is 0 Å². The summed E-state index contributed by atoms with van der Waals surface area (Å²) in [5.41, 5.74) is 0. The van der Waals surface area contributed by atoms with Crippen LogP contribution in [0.4, 0.5) is 4.79 Å². The van der Waals surface area contributed by atoms with Gasteiger partial charge in [0.15, 0.2) is 0 Å². The standard InChI is InChI=1S/C12H22N2O4S/c1-4-10-14(9(7-19-10)11(16)17)12(18)13(5-6-15)8(2)3/h8-10,15H,4-7H2,1-3H3,(H,16,17). The molecule has 0 saturated carbocycles. The number of hydrogen-bond acceptors (Lipinski definition) is 4. The number of aliphatic carboxylic acids is 1. The number of thioether (sulfide) groups is 1. The lowest BCUT2D eigenvalue weighted by Crippen LogP contribution is -2.53. The Morgan fingerprint density at radius 3 is 2.53 bits per heavy atom. The lowest BCUT2D eigenvalue weighted by molar-refractivity contribution is -0.141. The van der Waals surface area contributed by atoms with Gasteiger partial charge < -0.3 is 15.1 Å². The van der Waals surface area contributed by atoms with E-state index in [-0.39, 0.29) is 30.6 Å². The molecule has 2 N–H and O–H groups in total. The molecule has 7 heteroatoms. The van der Waals surface area contributed by atoms with E-state index in [9.17, 15) is 14.7 Å². The molecule has 110 valence electrons. The Labute approximate surface area is 117 Å². The van der Waals surface area contributed by atoms with E-state index in [0.717, 1.165) is 0 Å². The van der Waals surface area contributed by atoms with Gasteiger partial charge in [-0.25, -0.2) is 9.59 Å². The molecule has 0 aromatic heterocycles. The highest BCUT2D eigenvalue weighted by molar-refractivity contribution is 8.00. The Bertz CT molecular complexity index is 338. The first-order chi connectivity index (χ1) is 8.93. The maximum absolute atomic E-state index is 12.5. The molecule has 1 saturated heterocycles. The number of aliphatic hydroxyl groups excluding tert-OH is 1. The van der Waals surface area contributed by atoms with Crippen molar-refractivity contribution in [1.29, 1.82) is 0 Å². The molecule has 0 radical (unpaired) electrons. The van der Waals surface area contributed by atoms with Crippen LogP contribution in [0, 0.1) is 0 Å². The van der Waals surface area contributed by atoms with Gasteiger partial charge >= 0.3 is 12.0 Å². The number of nitrogens with zero attached hydrogens (tertiary/aromatic N) is 2. The van der Waals surface area contributed by atoms with Crippen LogP contribution in [0.1, 0.15) is 27.2 Å². The second kappa shape index (κ2) is 7.00. The summed E-state index contributed by atoms with van der Waals surface area (Å²) in [6.45, 7) is 5.74. The minimum Gasteiger partial charge on any atom is -0.480 e. The maximum Gasteiger partial charge on any atom is 0.327 e. The largest absolute Gasteiger partial charge is 0.480 e. The van der Waals surface area contributed by atoms with Crippen molar-refractivity contribution in [2.24, 2.45) is 0 Å². The molecule has 1 rings (SSSR count). The van der Waals surface area contributed by atoms with Gasteiger partial charge in [0.25, 0.3) is 0 Å². The third-order valence-corrected chi connectivity index (χ3v) is 4.61. The Morgan fingerprint density at radius 2 is 2.11 bits per heavy atom. The summed E-state index contributed by atoms with van der Waals surface area (Å²) in [5.74, 6) is -0.547. The Kier molecular flexibility index (Phi) is 5.93. The molecule has 1 aliphatic rings. The van der Waals surface area contributed by atoms with Crippen LogP contribution in [0.5, 0.6) is 0 Å². The summed E-state index contributed by atoms with van der Waals surface area (Å²) in [7, 11) is 0. The fourth-order valence-corrected chi connectivity index (χ4v) is 3.50. The summed E-state index contributed by atoms with van der Waals surface area (Å²) in [6.07, 6.45) is 0.714. The molecule has 0 aliphatic carbocycles. The highest BCUT2D eigenvalue weighted by Gasteiger charge is 2.42. The van der Waals surface area contributed by atoms with Gasteiger partial charge in [0.1, 0.15) is 6.04 Å². The van der Waals surface area contributed by atoms with Crippen LogP contribution < -0.4 is 0 Å². The number of hydrogen-bond donors (Lipinski definition) is 2. The Balaban J connectivity index is 2.93. The Hall–Kier alpha value is -0.950. The van der Waals surface area contributed by atoms with Gasteiger partial charge in [-0.2, -0.15) is 0 Å². The number of carbonyl (C=O) groups is 2. The van der Waals surface area contributed by atoms with E-state index in [0.29, 0.717) is 12.2 Å². The second-order valence-corrected chi connectivity index (χ2v) is 5.96. The van der Waals surface area contributed by atoms with Crippen LogP contribution in [0.25, 0.3) is 0 Å². The zero-order chi connectivity index (χ0) is 14.6. The highest BCUT2D eigenvalue weighted by Crippen LogP contribution is 2.32. The SMILES string of the molecule is CCC1SCC(C(=O)O)N1C(=O)N(CCO)C(C)C. The molecule has 1 heterocycles. The van der Waals surface area contributed by atoms with Gasteiger partial charge in [-0.3, -0.25) is 4.90 Å². The van der Waals surface area contributed by atoms with Crippen LogP contribution in [0.15, 0.2) is 0 Å². The fraction of sp³-hybridized carbons (Fsp3) is 0.833. The van der Waals surface area contributed by atoms with Crippen LogP contribution in [0.3, 0.4) is 0 Å². The van der Waals surface area contributed by atoms with Crippen molar-refractivity contribution < 1.29 is 19.8 Å². The second-order valence-electron chi connectivity index (χ2n) is 4.75. The van der Waals surface area contributed by atoms with E-state index in [1.165, 1.54) is 21.6 Å². The number of carboxylic acids is 1.